The van der Waals surface area contributed by atoms with E-state index in [1.165, 1.54) is 12.1 Å². The minimum Gasteiger partial charge on any atom is -0.459 e. The Bertz CT molecular complexity index is 388. The number of esters is 1. The second-order valence-corrected chi connectivity index (χ2v) is 3.64. The fraction of sp³-hybridized carbons (Fsp3) is 0.364. The van der Waals surface area contributed by atoms with E-state index < -0.39 is 11.8 Å². The quantitative estimate of drug-likeness (QED) is 0.603. The van der Waals surface area contributed by atoms with Crippen molar-refractivity contribution in [2.24, 2.45) is 0 Å². The van der Waals surface area contributed by atoms with Crippen molar-refractivity contribution < 1.29 is 13.9 Å². The van der Waals surface area contributed by atoms with Crippen LogP contribution in [0.4, 0.5) is 10.1 Å². The van der Waals surface area contributed by atoms with Crippen molar-refractivity contribution in [3.8, 4) is 0 Å². The number of carbonyl (C=O) groups is 1. The van der Waals surface area contributed by atoms with Crippen LogP contribution in [0.25, 0.3) is 0 Å². The van der Waals surface area contributed by atoms with Crippen molar-refractivity contribution in [1.82, 2.24) is 0 Å². The molecule has 0 unspecified atom stereocenters. The smallest absolute Gasteiger partial charge is 0.338 e. The van der Waals surface area contributed by atoms with E-state index >= 15 is 0 Å². The Balaban J connectivity index is 3.04. The molecule has 4 heteroatoms. The summed E-state index contributed by atoms with van der Waals surface area (Å²) in [7, 11) is 0. The molecule has 0 bridgehead atoms. The molecule has 1 rings (SSSR count). The van der Waals surface area contributed by atoms with E-state index in [1.807, 2.05) is 0 Å². The lowest BCUT2D eigenvalue weighted by molar-refractivity contribution is 0.0377. The van der Waals surface area contributed by atoms with Crippen molar-refractivity contribution in [3.63, 3.8) is 0 Å². The summed E-state index contributed by atoms with van der Waals surface area (Å²) in [4.78, 5) is 11.5. The number of hydrogen-bond donors (Lipinski definition) is 1. The summed E-state index contributed by atoms with van der Waals surface area (Å²) >= 11 is 0. The highest BCUT2D eigenvalue weighted by atomic mass is 19.1. The summed E-state index contributed by atoms with van der Waals surface area (Å²) in [5.41, 5.74) is 6.16. The number of nitrogens with two attached hydrogens (primary N) is 1. The zero-order chi connectivity index (χ0) is 11.6. The molecule has 0 saturated carbocycles. The maximum absolute atomic E-state index is 13.0. The van der Waals surface area contributed by atoms with Gasteiger partial charge in [-0.25, -0.2) is 9.18 Å². The second-order valence-electron chi connectivity index (χ2n) is 3.64. The molecule has 15 heavy (non-hydrogen) atoms. The monoisotopic (exact) mass is 211 g/mol. The van der Waals surface area contributed by atoms with Crippen LogP contribution in [-0.4, -0.2) is 12.1 Å². The first-order valence-corrected chi connectivity index (χ1v) is 4.68. The Morgan fingerprint density at radius 2 is 2.07 bits per heavy atom. The summed E-state index contributed by atoms with van der Waals surface area (Å²) in [5, 5.41) is 0. The first-order chi connectivity index (χ1) is 6.91. The molecule has 1 aromatic carbocycles. The predicted molar refractivity (Wildman–Crippen MR) is 56.1 cm³/mol. The standard InChI is InChI=1S/C11H14FNO2/c1-6(2)15-11(14)8-5-10(13)9(12)4-7(8)3/h4-6H,13H2,1-3H3. The van der Waals surface area contributed by atoms with Crippen LogP contribution in [-0.2, 0) is 4.74 Å². The van der Waals surface area contributed by atoms with Crippen LogP contribution in [0, 0.1) is 12.7 Å². The van der Waals surface area contributed by atoms with E-state index in [4.69, 9.17) is 10.5 Å². The molecule has 2 N–H and O–H groups in total. The van der Waals surface area contributed by atoms with E-state index in [9.17, 15) is 9.18 Å². The lowest BCUT2D eigenvalue weighted by atomic mass is 10.1. The first kappa shape index (κ1) is 11.5. The predicted octanol–water partition coefficient (Wildman–Crippen LogP) is 2.28. The number of anilines is 1. The van der Waals surface area contributed by atoms with E-state index in [2.05, 4.69) is 0 Å². The van der Waals surface area contributed by atoms with Crippen molar-refractivity contribution in [2.75, 3.05) is 5.73 Å². The fourth-order valence-electron chi connectivity index (χ4n) is 1.19. The zero-order valence-electron chi connectivity index (χ0n) is 9.00. The van der Waals surface area contributed by atoms with Crippen LogP contribution in [0.3, 0.4) is 0 Å². The Hall–Kier alpha value is -1.58. The number of ether oxygens (including phenoxy) is 1. The van der Waals surface area contributed by atoms with E-state index in [1.54, 1.807) is 20.8 Å². The Labute approximate surface area is 88.0 Å². The highest BCUT2D eigenvalue weighted by Gasteiger charge is 2.14. The first-order valence-electron chi connectivity index (χ1n) is 4.68. The molecule has 0 fully saturated rings. The Morgan fingerprint density at radius 3 is 2.60 bits per heavy atom. The van der Waals surface area contributed by atoms with Gasteiger partial charge in [-0.2, -0.15) is 0 Å². The molecule has 0 atom stereocenters. The van der Waals surface area contributed by atoms with Crippen molar-refractivity contribution in [1.29, 1.82) is 0 Å². The maximum Gasteiger partial charge on any atom is 0.338 e. The molecule has 0 amide bonds. The lowest BCUT2D eigenvalue weighted by Crippen LogP contribution is -2.13. The fourth-order valence-corrected chi connectivity index (χ4v) is 1.19. The van der Waals surface area contributed by atoms with Crippen LogP contribution in [0.2, 0.25) is 0 Å². The van der Waals surface area contributed by atoms with Gasteiger partial charge >= 0.3 is 5.97 Å². The molecule has 0 radical (unpaired) electrons. The maximum atomic E-state index is 13.0. The molecular weight excluding hydrogens is 197 g/mol. The zero-order valence-corrected chi connectivity index (χ0v) is 9.00. The molecule has 0 aromatic heterocycles. The third-order valence-electron chi connectivity index (χ3n) is 1.91. The van der Waals surface area contributed by atoms with Crippen LogP contribution in [0.15, 0.2) is 12.1 Å². The second kappa shape index (κ2) is 4.29. The van der Waals surface area contributed by atoms with Crippen molar-refractivity contribution in [3.05, 3.63) is 29.1 Å². The van der Waals surface area contributed by atoms with Gasteiger partial charge in [0.05, 0.1) is 17.4 Å². The van der Waals surface area contributed by atoms with Gasteiger partial charge in [0.1, 0.15) is 5.82 Å². The topological polar surface area (TPSA) is 52.3 Å². The average Bonchev–Trinajstić information content (AvgIpc) is 2.09. The van der Waals surface area contributed by atoms with Gasteiger partial charge in [-0.3, -0.25) is 0 Å². The van der Waals surface area contributed by atoms with Gasteiger partial charge in [0.25, 0.3) is 0 Å². The van der Waals surface area contributed by atoms with Gasteiger partial charge in [0.15, 0.2) is 0 Å². The summed E-state index contributed by atoms with van der Waals surface area (Å²) in [6.07, 6.45) is -0.205. The lowest BCUT2D eigenvalue weighted by Gasteiger charge is -2.10. The highest BCUT2D eigenvalue weighted by Crippen LogP contribution is 2.18. The molecule has 0 aliphatic carbocycles. The third kappa shape index (κ3) is 2.68. The molecule has 0 aliphatic heterocycles. The van der Waals surface area contributed by atoms with Gasteiger partial charge in [0, 0.05) is 0 Å². The van der Waals surface area contributed by atoms with Gasteiger partial charge in [0.2, 0.25) is 0 Å². The number of aryl methyl sites for hydroxylation is 1. The summed E-state index contributed by atoms with van der Waals surface area (Å²) in [6, 6.07) is 2.53. The molecule has 0 spiro atoms. The number of nitrogen functional groups attached to an aromatic ring is 1. The molecule has 0 saturated heterocycles. The van der Waals surface area contributed by atoms with Gasteiger partial charge < -0.3 is 10.5 Å². The van der Waals surface area contributed by atoms with Crippen molar-refractivity contribution >= 4 is 11.7 Å². The van der Waals surface area contributed by atoms with Crippen LogP contribution < -0.4 is 5.73 Å². The van der Waals surface area contributed by atoms with Gasteiger partial charge in [-0.1, -0.05) is 0 Å². The SMILES string of the molecule is Cc1cc(F)c(N)cc1C(=O)OC(C)C. The summed E-state index contributed by atoms with van der Waals surface area (Å²) < 4.78 is 18.0. The van der Waals surface area contributed by atoms with E-state index in [0.717, 1.165) is 0 Å². The number of rotatable bonds is 2. The molecule has 0 aliphatic rings. The molecular formula is C11H14FNO2. The average molecular weight is 211 g/mol. The number of halogens is 1. The van der Waals surface area contributed by atoms with Crippen LogP contribution in [0.5, 0.6) is 0 Å². The van der Waals surface area contributed by atoms with Gasteiger partial charge in [-0.05, 0) is 38.5 Å². The summed E-state index contributed by atoms with van der Waals surface area (Å²) in [5.74, 6) is -0.997. The Morgan fingerprint density at radius 1 is 1.47 bits per heavy atom. The van der Waals surface area contributed by atoms with E-state index in [0.29, 0.717) is 11.1 Å². The Kier molecular flexibility index (Phi) is 3.29. The van der Waals surface area contributed by atoms with Gasteiger partial charge in [-0.15, -0.1) is 0 Å². The van der Waals surface area contributed by atoms with Crippen molar-refractivity contribution in [2.45, 2.75) is 26.9 Å². The molecule has 3 nitrogen and oxygen atoms in total. The number of benzene rings is 1. The molecule has 0 heterocycles. The summed E-state index contributed by atoms with van der Waals surface area (Å²) in [6.45, 7) is 5.14. The van der Waals surface area contributed by atoms with E-state index in [-0.39, 0.29) is 11.8 Å². The minimum atomic E-state index is -0.520. The number of hydrogen-bond acceptors (Lipinski definition) is 3. The molecule has 1 aromatic rings. The highest BCUT2D eigenvalue weighted by molar-refractivity contribution is 5.92. The van der Waals surface area contributed by atoms with Crippen LogP contribution >= 0.6 is 0 Å². The minimum absolute atomic E-state index is 0.0451. The normalized spacial score (nSPS) is 10.5. The largest absolute Gasteiger partial charge is 0.459 e. The molecule has 82 valence electrons. The number of carbonyl (C=O) groups excluding carboxylic acids is 1. The third-order valence-corrected chi connectivity index (χ3v) is 1.91. The van der Waals surface area contributed by atoms with Crippen LogP contribution in [0.1, 0.15) is 29.8 Å².